The van der Waals surface area contributed by atoms with Crippen LogP contribution >= 0.6 is 0 Å². The quantitative estimate of drug-likeness (QED) is 0.294. The highest BCUT2D eigenvalue weighted by Crippen LogP contribution is 1.66. The monoisotopic (exact) mass is 134 g/mol. The van der Waals surface area contributed by atoms with Gasteiger partial charge >= 0.3 is 5.97 Å². The molecule has 0 N–H and O–H groups in total. The Morgan fingerprint density at radius 3 is 2.29 bits per heavy atom. The first-order valence-electron chi connectivity index (χ1n) is 1.51. The van der Waals surface area contributed by atoms with Gasteiger partial charge in [-0.05, 0) is 11.0 Å². The molecule has 0 amide bonds. The van der Waals surface area contributed by atoms with Crippen molar-refractivity contribution in [2.75, 3.05) is 0 Å². The van der Waals surface area contributed by atoms with Crippen molar-refractivity contribution in [3.63, 3.8) is 0 Å². The summed E-state index contributed by atoms with van der Waals surface area (Å²) < 4.78 is 4.28. The van der Waals surface area contributed by atoms with Gasteiger partial charge in [-0.3, -0.25) is 0 Å². The van der Waals surface area contributed by atoms with E-state index in [0.717, 1.165) is 6.08 Å². The highest BCUT2D eigenvalue weighted by atomic mass is 28.2. The van der Waals surface area contributed by atoms with E-state index in [9.17, 15) is 4.79 Å². The first-order valence-corrected chi connectivity index (χ1v) is 2.33. The normalized spacial score (nSPS) is 6.29. The van der Waals surface area contributed by atoms with Gasteiger partial charge in [0.2, 0.25) is 10.5 Å². The summed E-state index contributed by atoms with van der Waals surface area (Å²) in [6.45, 7) is 3.18. The van der Waals surface area contributed by atoms with Gasteiger partial charge in [-0.1, -0.05) is 6.58 Å². The maximum atomic E-state index is 9.88. The Hall–Kier alpha value is -0.356. The first-order chi connectivity index (χ1) is 2.81. The zero-order valence-corrected chi connectivity index (χ0v) is 5.60. The van der Waals surface area contributed by atoms with E-state index < -0.39 is 0 Å². The lowest BCUT2D eigenvalue weighted by Crippen LogP contribution is -1.93. The van der Waals surface area contributed by atoms with Gasteiger partial charge in [-0.25, -0.2) is 4.79 Å². The van der Waals surface area contributed by atoms with Crippen molar-refractivity contribution in [1.82, 2.24) is 0 Å². The predicted molar refractivity (Wildman–Crippen MR) is 37.6 cm³/mol. The lowest BCUT2D eigenvalue weighted by Gasteiger charge is -1.84. The molecule has 42 valence electrons. The van der Waals surface area contributed by atoms with Crippen molar-refractivity contribution >= 4 is 27.4 Å². The third-order valence-electron chi connectivity index (χ3n) is 0.368. The molecule has 0 aliphatic rings. The van der Waals surface area contributed by atoms with Crippen LogP contribution in [-0.4, -0.2) is 27.4 Å². The first kappa shape index (κ1) is 9.81. The van der Waals surface area contributed by atoms with Gasteiger partial charge in [-0.15, -0.1) is 0 Å². The van der Waals surface area contributed by atoms with Gasteiger partial charge in [0.1, 0.15) is 0 Å². The minimum atomic E-state index is -0.332. The average molecular weight is 134 g/mol. The smallest absolute Gasteiger partial charge is 0.316 e. The molecule has 0 saturated heterocycles. The maximum absolute atomic E-state index is 9.88. The molecular formula is C3H10O2Si2. The van der Waals surface area contributed by atoms with Gasteiger partial charge in [0.05, 0.1) is 0 Å². The lowest BCUT2D eigenvalue weighted by molar-refractivity contribution is -0.128. The topological polar surface area (TPSA) is 26.3 Å². The van der Waals surface area contributed by atoms with Crippen LogP contribution in [0.4, 0.5) is 0 Å². The SMILES string of the molecule is C=CC(=O)O[SiH3].[SiH4]. The van der Waals surface area contributed by atoms with Crippen LogP contribution in [0.1, 0.15) is 0 Å². The molecule has 0 bridgehead atoms. The standard InChI is InChI=1S/C3H6O2Si.H4Si/c1-2-3(4)5-6;/h2H,1H2,6H3;1H4. The molecule has 0 aromatic carbocycles. The molecule has 0 heterocycles. The summed E-state index contributed by atoms with van der Waals surface area (Å²) in [5.41, 5.74) is 0. The van der Waals surface area contributed by atoms with E-state index in [1.165, 1.54) is 0 Å². The summed E-state index contributed by atoms with van der Waals surface area (Å²) in [7, 11) is 0.462. The molecule has 4 heteroatoms. The summed E-state index contributed by atoms with van der Waals surface area (Å²) in [6.07, 6.45) is 1.15. The zero-order valence-electron chi connectivity index (χ0n) is 3.60. The van der Waals surface area contributed by atoms with E-state index in [1.54, 1.807) is 0 Å². The number of carbonyl (C=O) groups excluding carboxylic acids is 1. The fourth-order valence-corrected chi connectivity index (χ4v) is 0.250. The number of rotatable bonds is 1. The molecule has 0 rings (SSSR count). The molecule has 7 heavy (non-hydrogen) atoms. The summed E-state index contributed by atoms with van der Waals surface area (Å²) in [4.78, 5) is 9.88. The molecule has 0 spiro atoms. The molecule has 0 aliphatic carbocycles. The second kappa shape index (κ2) is 5.64. The van der Waals surface area contributed by atoms with Crippen LogP contribution in [0, 0.1) is 0 Å². The van der Waals surface area contributed by atoms with E-state index in [1.807, 2.05) is 0 Å². The minimum absolute atomic E-state index is 0. The lowest BCUT2D eigenvalue weighted by atomic mass is 10.7. The highest BCUT2D eigenvalue weighted by molar-refractivity contribution is 6.07. The summed E-state index contributed by atoms with van der Waals surface area (Å²) in [6, 6.07) is 0. The molecule has 2 nitrogen and oxygen atoms in total. The van der Waals surface area contributed by atoms with Crippen molar-refractivity contribution in [1.29, 1.82) is 0 Å². The molecule has 0 atom stereocenters. The van der Waals surface area contributed by atoms with Gasteiger partial charge in [0.25, 0.3) is 0 Å². The van der Waals surface area contributed by atoms with E-state index in [2.05, 4.69) is 11.0 Å². The third kappa shape index (κ3) is 5.64. The van der Waals surface area contributed by atoms with Crippen LogP contribution in [0.3, 0.4) is 0 Å². The Labute approximate surface area is 50.1 Å². The summed E-state index contributed by atoms with van der Waals surface area (Å²) >= 11 is 0. The number of carbonyl (C=O) groups is 1. The molecule has 0 aromatic rings. The van der Waals surface area contributed by atoms with Crippen molar-refractivity contribution in [2.45, 2.75) is 0 Å². The fraction of sp³-hybridized carbons (Fsp3) is 0. The molecule has 0 radical (unpaired) electrons. The van der Waals surface area contributed by atoms with Crippen LogP contribution in [-0.2, 0) is 9.22 Å². The van der Waals surface area contributed by atoms with Crippen LogP contribution < -0.4 is 0 Å². The van der Waals surface area contributed by atoms with Gasteiger partial charge in [0.15, 0.2) is 0 Å². The zero-order chi connectivity index (χ0) is 4.99. The van der Waals surface area contributed by atoms with Crippen LogP contribution in [0.5, 0.6) is 0 Å². The van der Waals surface area contributed by atoms with Crippen LogP contribution in [0.15, 0.2) is 12.7 Å². The Morgan fingerprint density at radius 1 is 1.86 bits per heavy atom. The van der Waals surface area contributed by atoms with E-state index in [4.69, 9.17) is 0 Å². The number of hydrogen-bond acceptors (Lipinski definition) is 2. The Balaban J connectivity index is 0. The summed E-state index contributed by atoms with van der Waals surface area (Å²) in [5.74, 6) is -0.332. The fourth-order valence-electron chi connectivity index (χ4n) is 0.0833. The molecule has 0 unspecified atom stereocenters. The van der Waals surface area contributed by atoms with Gasteiger partial charge < -0.3 is 4.43 Å². The second-order valence-corrected chi connectivity index (χ2v) is 1.14. The van der Waals surface area contributed by atoms with E-state index >= 15 is 0 Å². The van der Waals surface area contributed by atoms with Crippen molar-refractivity contribution < 1.29 is 9.22 Å². The largest absolute Gasteiger partial charge is 0.526 e. The third-order valence-corrected chi connectivity index (χ3v) is 0.770. The number of hydrogen-bond donors (Lipinski definition) is 0. The highest BCUT2D eigenvalue weighted by Gasteiger charge is 1.81. The van der Waals surface area contributed by atoms with Crippen LogP contribution in [0.2, 0.25) is 0 Å². The second-order valence-electron chi connectivity index (χ2n) is 0.727. The molecule has 0 fully saturated rings. The predicted octanol–water partition coefficient (Wildman–Crippen LogP) is -2.46. The average Bonchev–Trinajstić information content (AvgIpc) is 1.65. The van der Waals surface area contributed by atoms with Gasteiger partial charge in [0, 0.05) is 6.08 Å². The molecule has 0 aromatic heterocycles. The Morgan fingerprint density at radius 2 is 2.29 bits per heavy atom. The molecule has 0 saturated carbocycles. The Bertz CT molecular complexity index is 71.3. The van der Waals surface area contributed by atoms with Crippen molar-refractivity contribution in [3.8, 4) is 0 Å². The van der Waals surface area contributed by atoms with Crippen LogP contribution in [0.25, 0.3) is 0 Å². The molecular weight excluding hydrogens is 124 g/mol. The van der Waals surface area contributed by atoms with Crippen molar-refractivity contribution in [2.24, 2.45) is 0 Å². The van der Waals surface area contributed by atoms with E-state index in [-0.39, 0.29) is 16.9 Å². The molecule has 0 aliphatic heterocycles. The maximum Gasteiger partial charge on any atom is 0.316 e. The minimum Gasteiger partial charge on any atom is -0.526 e. The van der Waals surface area contributed by atoms with E-state index in [0.29, 0.717) is 10.5 Å². The summed E-state index contributed by atoms with van der Waals surface area (Å²) in [5, 5.41) is 0. The van der Waals surface area contributed by atoms with Crippen molar-refractivity contribution in [3.05, 3.63) is 12.7 Å². The van der Waals surface area contributed by atoms with Gasteiger partial charge in [-0.2, -0.15) is 0 Å². The Kier molecular flexibility index (Phi) is 7.91.